The zero-order chi connectivity index (χ0) is 11.4. The lowest BCUT2D eigenvalue weighted by atomic mass is 10.1. The second-order valence-corrected chi connectivity index (χ2v) is 5.73. The van der Waals surface area contributed by atoms with E-state index in [1.165, 1.54) is 43.6 Å². The molecule has 0 atom stereocenters. The Bertz CT molecular complexity index is 318. The molecule has 1 saturated carbocycles. The van der Waals surface area contributed by atoms with Crippen molar-refractivity contribution in [1.82, 2.24) is 9.88 Å². The van der Waals surface area contributed by atoms with Crippen molar-refractivity contribution >= 4 is 16.5 Å². The molecule has 4 heteroatoms. The van der Waals surface area contributed by atoms with Crippen LogP contribution in [0.5, 0.6) is 0 Å². The SMILES string of the molecule is CN(CCc1csc(N)n1)CC1CCCC1. The second kappa shape index (κ2) is 5.64. The van der Waals surface area contributed by atoms with Crippen molar-refractivity contribution in [2.45, 2.75) is 32.1 Å². The number of hydrogen-bond acceptors (Lipinski definition) is 4. The molecule has 2 rings (SSSR count). The molecule has 2 N–H and O–H groups in total. The van der Waals surface area contributed by atoms with Gasteiger partial charge in [-0.05, 0) is 25.8 Å². The van der Waals surface area contributed by atoms with Gasteiger partial charge in [-0.2, -0.15) is 0 Å². The van der Waals surface area contributed by atoms with Crippen LogP contribution in [0.15, 0.2) is 5.38 Å². The average molecular weight is 239 g/mol. The van der Waals surface area contributed by atoms with Crippen LogP contribution >= 0.6 is 11.3 Å². The number of anilines is 1. The maximum atomic E-state index is 5.61. The van der Waals surface area contributed by atoms with Gasteiger partial charge < -0.3 is 10.6 Å². The molecule has 3 nitrogen and oxygen atoms in total. The van der Waals surface area contributed by atoms with E-state index in [4.69, 9.17) is 5.73 Å². The van der Waals surface area contributed by atoms with Crippen molar-refractivity contribution < 1.29 is 0 Å². The van der Waals surface area contributed by atoms with Gasteiger partial charge in [0.05, 0.1) is 5.69 Å². The average Bonchev–Trinajstić information content (AvgIpc) is 2.87. The molecule has 1 aliphatic carbocycles. The number of nitrogens with zero attached hydrogens (tertiary/aromatic N) is 2. The zero-order valence-electron chi connectivity index (χ0n) is 9.98. The summed E-state index contributed by atoms with van der Waals surface area (Å²) in [5.74, 6) is 0.936. The minimum atomic E-state index is 0.688. The fraction of sp³-hybridized carbons (Fsp3) is 0.750. The van der Waals surface area contributed by atoms with Crippen LogP contribution in [-0.4, -0.2) is 30.0 Å². The van der Waals surface area contributed by atoms with E-state index in [-0.39, 0.29) is 0 Å². The van der Waals surface area contributed by atoms with Crippen LogP contribution in [0.2, 0.25) is 0 Å². The van der Waals surface area contributed by atoms with E-state index in [9.17, 15) is 0 Å². The monoisotopic (exact) mass is 239 g/mol. The minimum absolute atomic E-state index is 0.688. The number of likely N-dealkylation sites (N-methyl/N-ethyl adjacent to an activating group) is 1. The highest BCUT2D eigenvalue weighted by Crippen LogP contribution is 2.25. The number of aromatic nitrogens is 1. The summed E-state index contributed by atoms with van der Waals surface area (Å²) in [7, 11) is 2.22. The van der Waals surface area contributed by atoms with Gasteiger partial charge in [0.25, 0.3) is 0 Å². The van der Waals surface area contributed by atoms with Crippen molar-refractivity contribution in [3.05, 3.63) is 11.1 Å². The van der Waals surface area contributed by atoms with E-state index in [1.807, 2.05) is 0 Å². The van der Waals surface area contributed by atoms with Crippen molar-refractivity contribution in [3.63, 3.8) is 0 Å². The maximum absolute atomic E-state index is 5.61. The molecule has 16 heavy (non-hydrogen) atoms. The van der Waals surface area contributed by atoms with Crippen LogP contribution in [0.3, 0.4) is 0 Å². The lowest BCUT2D eigenvalue weighted by Gasteiger charge is -2.20. The number of nitrogens with two attached hydrogens (primary N) is 1. The Morgan fingerprint density at radius 1 is 1.50 bits per heavy atom. The molecule has 0 unspecified atom stereocenters. The third-order valence-corrected chi connectivity index (χ3v) is 4.09. The number of hydrogen-bond donors (Lipinski definition) is 1. The lowest BCUT2D eigenvalue weighted by molar-refractivity contribution is 0.280. The van der Waals surface area contributed by atoms with Gasteiger partial charge in [0.1, 0.15) is 0 Å². The molecule has 0 radical (unpaired) electrons. The van der Waals surface area contributed by atoms with Crippen molar-refractivity contribution in [1.29, 1.82) is 0 Å². The Balaban J connectivity index is 1.68. The summed E-state index contributed by atoms with van der Waals surface area (Å²) in [4.78, 5) is 6.72. The first-order chi connectivity index (χ1) is 7.74. The maximum Gasteiger partial charge on any atom is 0.180 e. The predicted molar refractivity (Wildman–Crippen MR) is 69.7 cm³/mol. The smallest absolute Gasteiger partial charge is 0.180 e. The highest BCUT2D eigenvalue weighted by Gasteiger charge is 2.16. The Morgan fingerprint density at radius 3 is 2.88 bits per heavy atom. The van der Waals surface area contributed by atoms with E-state index in [0.717, 1.165) is 24.6 Å². The molecular formula is C12H21N3S. The molecule has 0 saturated heterocycles. The molecular weight excluding hydrogens is 218 g/mol. The molecule has 1 aromatic heterocycles. The van der Waals surface area contributed by atoms with Gasteiger partial charge in [0.2, 0.25) is 0 Å². The van der Waals surface area contributed by atoms with Crippen LogP contribution in [0.25, 0.3) is 0 Å². The molecule has 0 amide bonds. The molecule has 0 aromatic carbocycles. The summed E-state index contributed by atoms with van der Waals surface area (Å²) in [6, 6.07) is 0. The zero-order valence-corrected chi connectivity index (χ0v) is 10.8. The normalized spacial score (nSPS) is 17.4. The fourth-order valence-corrected chi connectivity index (χ4v) is 3.07. The van der Waals surface area contributed by atoms with Gasteiger partial charge in [0, 0.05) is 24.9 Å². The van der Waals surface area contributed by atoms with E-state index in [2.05, 4.69) is 22.3 Å². The van der Waals surface area contributed by atoms with E-state index in [1.54, 1.807) is 0 Å². The summed E-state index contributed by atoms with van der Waals surface area (Å²) in [5.41, 5.74) is 6.75. The molecule has 1 aromatic rings. The van der Waals surface area contributed by atoms with Gasteiger partial charge in [-0.1, -0.05) is 12.8 Å². The molecule has 1 fully saturated rings. The molecule has 1 heterocycles. The Kier molecular flexibility index (Phi) is 4.18. The van der Waals surface area contributed by atoms with Crippen molar-refractivity contribution in [2.75, 3.05) is 25.9 Å². The van der Waals surface area contributed by atoms with Crippen molar-refractivity contribution in [2.24, 2.45) is 5.92 Å². The van der Waals surface area contributed by atoms with Crippen molar-refractivity contribution in [3.8, 4) is 0 Å². The summed E-state index contributed by atoms with van der Waals surface area (Å²) < 4.78 is 0. The predicted octanol–water partition coefficient (Wildman–Crippen LogP) is 2.39. The summed E-state index contributed by atoms with van der Waals surface area (Å²) >= 11 is 1.54. The number of thiazole rings is 1. The lowest BCUT2D eigenvalue weighted by Crippen LogP contribution is -2.26. The molecule has 0 bridgehead atoms. The van der Waals surface area contributed by atoms with Gasteiger partial charge in [-0.3, -0.25) is 0 Å². The van der Waals surface area contributed by atoms with Crippen LogP contribution < -0.4 is 5.73 Å². The second-order valence-electron chi connectivity index (χ2n) is 4.84. The molecule has 90 valence electrons. The molecule has 0 spiro atoms. The first-order valence-corrected chi connectivity index (χ1v) is 7.00. The largest absolute Gasteiger partial charge is 0.375 e. The first-order valence-electron chi connectivity index (χ1n) is 6.12. The first kappa shape index (κ1) is 11.9. The third kappa shape index (κ3) is 3.46. The van der Waals surface area contributed by atoms with Gasteiger partial charge in [-0.25, -0.2) is 4.98 Å². The van der Waals surface area contributed by atoms with Crippen LogP contribution in [0.1, 0.15) is 31.4 Å². The van der Waals surface area contributed by atoms with Crippen LogP contribution in [0.4, 0.5) is 5.13 Å². The highest BCUT2D eigenvalue weighted by molar-refractivity contribution is 7.13. The van der Waals surface area contributed by atoms with E-state index in [0.29, 0.717) is 5.13 Å². The Morgan fingerprint density at radius 2 is 2.25 bits per heavy atom. The number of rotatable bonds is 5. The Hall–Kier alpha value is -0.610. The number of nitrogen functional groups attached to an aromatic ring is 1. The van der Waals surface area contributed by atoms with Gasteiger partial charge in [-0.15, -0.1) is 11.3 Å². The third-order valence-electron chi connectivity index (χ3n) is 3.36. The van der Waals surface area contributed by atoms with Crippen LogP contribution in [-0.2, 0) is 6.42 Å². The quantitative estimate of drug-likeness (QED) is 0.858. The van der Waals surface area contributed by atoms with E-state index >= 15 is 0 Å². The summed E-state index contributed by atoms with van der Waals surface area (Å²) in [6.07, 6.45) is 6.74. The topological polar surface area (TPSA) is 42.1 Å². The molecule has 1 aliphatic rings. The fourth-order valence-electron chi connectivity index (χ4n) is 2.47. The van der Waals surface area contributed by atoms with Gasteiger partial charge in [0.15, 0.2) is 5.13 Å². The van der Waals surface area contributed by atoms with E-state index < -0.39 is 0 Å². The standard InChI is InChI=1S/C12H21N3S/c1-15(8-10-4-2-3-5-10)7-6-11-9-16-12(13)14-11/h9-10H,2-8H2,1H3,(H2,13,14). The minimum Gasteiger partial charge on any atom is -0.375 e. The Labute approximate surface area is 102 Å². The van der Waals surface area contributed by atoms with Gasteiger partial charge >= 0.3 is 0 Å². The molecule has 0 aliphatic heterocycles. The summed E-state index contributed by atoms with van der Waals surface area (Å²) in [6.45, 7) is 2.35. The summed E-state index contributed by atoms with van der Waals surface area (Å²) in [5, 5.41) is 2.76. The highest BCUT2D eigenvalue weighted by atomic mass is 32.1. The van der Waals surface area contributed by atoms with Crippen LogP contribution in [0, 0.1) is 5.92 Å².